The van der Waals surface area contributed by atoms with Gasteiger partial charge in [0.25, 0.3) is 5.91 Å². The minimum atomic E-state index is -0.550. The summed E-state index contributed by atoms with van der Waals surface area (Å²) in [5.41, 5.74) is 2.93. The largest absolute Gasteiger partial charge is 0.338 e. The lowest BCUT2D eigenvalue weighted by atomic mass is 9.94. The van der Waals surface area contributed by atoms with Crippen LogP contribution in [-0.2, 0) is 4.79 Å². The van der Waals surface area contributed by atoms with Crippen LogP contribution in [0, 0.1) is 12.7 Å². The maximum Gasteiger partial charge on any atom is 0.253 e. The molecule has 1 fully saturated rings. The number of aryl methyl sites for hydroxylation is 1. The number of benzene rings is 2. The Labute approximate surface area is 146 Å². The Hall–Kier alpha value is -2.69. The maximum atomic E-state index is 13.8. The highest BCUT2D eigenvalue weighted by Crippen LogP contribution is 2.30. The molecule has 0 aromatic heterocycles. The summed E-state index contributed by atoms with van der Waals surface area (Å²) in [5.74, 6) is -0.738. The lowest BCUT2D eigenvalue weighted by Gasteiger charge is -2.18. The number of nitrogens with one attached hydrogen (secondary N) is 1. The zero-order chi connectivity index (χ0) is 18.0. The number of anilines is 1. The van der Waals surface area contributed by atoms with Gasteiger partial charge in [-0.2, -0.15) is 0 Å². The van der Waals surface area contributed by atoms with Gasteiger partial charge in [-0.25, -0.2) is 4.39 Å². The van der Waals surface area contributed by atoms with E-state index in [-0.39, 0.29) is 17.5 Å². The van der Waals surface area contributed by atoms with Crippen molar-refractivity contribution in [2.45, 2.75) is 26.2 Å². The number of hydrogen-bond donors (Lipinski definition) is 1. The van der Waals surface area contributed by atoms with E-state index in [1.165, 1.54) is 36.2 Å². The molecule has 0 spiro atoms. The average Bonchev–Trinajstić information content (AvgIpc) is 3.06. The first-order valence-corrected chi connectivity index (χ1v) is 8.37. The molecule has 0 saturated carbocycles. The summed E-state index contributed by atoms with van der Waals surface area (Å²) in [6.45, 7) is 4.71. The van der Waals surface area contributed by atoms with Gasteiger partial charge in [0.2, 0.25) is 5.91 Å². The van der Waals surface area contributed by atoms with Crippen LogP contribution in [0.3, 0.4) is 0 Å². The lowest BCUT2D eigenvalue weighted by Crippen LogP contribution is -2.28. The van der Waals surface area contributed by atoms with E-state index >= 15 is 0 Å². The number of hydrogen-bond acceptors (Lipinski definition) is 2. The van der Waals surface area contributed by atoms with Gasteiger partial charge in [-0.15, -0.1) is 0 Å². The molecule has 5 heteroatoms. The first kappa shape index (κ1) is 17.1. The first-order valence-electron chi connectivity index (χ1n) is 8.37. The van der Waals surface area contributed by atoms with Gasteiger partial charge in [0.15, 0.2) is 0 Å². The molecular weight excluding hydrogens is 319 g/mol. The summed E-state index contributed by atoms with van der Waals surface area (Å²) in [4.78, 5) is 25.7. The predicted octanol–water partition coefficient (Wildman–Crippen LogP) is 3.72. The standard InChI is InChI=1S/C20H21FN2O2/c1-13-5-3-4-6-17(13)16-9-10-23(12-16)20(25)15-7-8-18(21)19(11-15)22-14(2)24/h3-8,11,16H,9-10,12H2,1-2H3,(H,22,24)/t16-/m1/s1. The SMILES string of the molecule is CC(=O)Nc1cc(C(=O)N2CC[C@@H](c3ccccc3C)C2)ccc1F. The summed E-state index contributed by atoms with van der Waals surface area (Å²) in [6, 6.07) is 12.3. The van der Waals surface area contributed by atoms with Crippen LogP contribution in [0.15, 0.2) is 42.5 Å². The molecule has 0 aliphatic carbocycles. The van der Waals surface area contributed by atoms with E-state index in [2.05, 4.69) is 24.4 Å². The highest BCUT2D eigenvalue weighted by atomic mass is 19.1. The second-order valence-electron chi connectivity index (χ2n) is 6.47. The molecule has 0 unspecified atom stereocenters. The molecule has 4 nitrogen and oxygen atoms in total. The van der Waals surface area contributed by atoms with E-state index in [1.807, 2.05) is 12.1 Å². The van der Waals surface area contributed by atoms with Crippen molar-refractivity contribution in [2.24, 2.45) is 0 Å². The Morgan fingerprint density at radius 3 is 2.68 bits per heavy atom. The fourth-order valence-electron chi connectivity index (χ4n) is 3.37. The van der Waals surface area contributed by atoms with Crippen LogP contribution in [0.1, 0.15) is 40.7 Å². The monoisotopic (exact) mass is 340 g/mol. The van der Waals surface area contributed by atoms with Gasteiger partial charge >= 0.3 is 0 Å². The molecule has 130 valence electrons. The van der Waals surface area contributed by atoms with Crippen molar-refractivity contribution in [3.63, 3.8) is 0 Å². The van der Waals surface area contributed by atoms with Crippen molar-refractivity contribution in [1.82, 2.24) is 4.90 Å². The average molecular weight is 340 g/mol. The molecule has 25 heavy (non-hydrogen) atoms. The third kappa shape index (κ3) is 3.71. The summed E-state index contributed by atoms with van der Waals surface area (Å²) >= 11 is 0. The topological polar surface area (TPSA) is 49.4 Å². The van der Waals surface area contributed by atoms with Gasteiger partial charge in [0, 0.05) is 31.5 Å². The van der Waals surface area contributed by atoms with Gasteiger partial charge in [0.05, 0.1) is 5.69 Å². The van der Waals surface area contributed by atoms with Crippen LogP contribution in [0.25, 0.3) is 0 Å². The Kier molecular flexibility index (Phi) is 4.83. The van der Waals surface area contributed by atoms with E-state index in [4.69, 9.17) is 0 Å². The van der Waals surface area contributed by atoms with Crippen molar-refractivity contribution in [2.75, 3.05) is 18.4 Å². The summed E-state index contributed by atoms with van der Waals surface area (Å²) in [6.07, 6.45) is 0.913. The van der Waals surface area contributed by atoms with Crippen molar-refractivity contribution in [3.05, 3.63) is 65.0 Å². The predicted molar refractivity (Wildman–Crippen MR) is 95.1 cm³/mol. The number of halogens is 1. The molecule has 1 aliphatic heterocycles. The van der Waals surface area contributed by atoms with E-state index in [0.29, 0.717) is 24.6 Å². The van der Waals surface area contributed by atoms with Crippen LogP contribution in [0.5, 0.6) is 0 Å². The van der Waals surface area contributed by atoms with Crippen LogP contribution in [0.4, 0.5) is 10.1 Å². The highest BCUT2D eigenvalue weighted by molar-refractivity contribution is 5.97. The Morgan fingerprint density at radius 2 is 1.96 bits per heavy atom. The summed E-state index contributed by atoms with van der Waals surface area (Å²) < 4.78 is 13.8. The second kappa shape index (κ2) is 7.05. The Morgan fingerprint density at radius 1 is 1.20 bits per heavy atom. The molecule has 2 aromatic carbocycles. The second-order valence-corrected chi connectivity index (χ2v) is 6.47. The smallest absolute Gasteiger partial charge is 0.253 e. The van der Waals surface area contributed by atoms with Crippen molar-refractivity contribution >= 4 is 17.5 Å². The molecule has 0 bridgehead atoms. The number of rotatable bonds is 3. The van der Waals surface area contributed by atoms with E-state index in [9.17, 15) is 14.0 Å². The molecule has 2 aromatic rings. The zero-order valence-corrected chi connectivity index (χ0v) is 14.4. The number of likely N-dealkylation sites (tertiary alicyclic amines) is 1. The quantitative estimate of drug-likeness (QED) is 0.926. The number of carbonyl (C=O) groups excluding carboxylic acids is 2. The van der Waals surface area contributed by atoms with Gasteiger partial charge < -0.3 is 10.2 Å². The van der Waals surface area contributed by atoms with Crippen LogP contribution < -0.4 is 5.32 Å². The van der Waals surface area contributed by atoms with Crippen molar-refractivity contribution in [1.29, 1.82) is 0 Å². The minimum Gasteiger partial charge on any atom is -0.338 e. The molecule has 0 radical (unpaired) electrons. The van der Waals surface area contributed by atoms with E-state index in [0.717, 1.165) is 6.42 Å². The third-order valence-corrected chi connectivity index (χ3v) is 4.63. The number of nitrogens with zero attached hydrogens (tertiary/aromatic N) is 1. The van der Waals surface area contributed by atoms with E-state index < -0.39 is 5.82 Å². The van der Waals surface area contributed by atoms with Gasteiger partial charge in [0.1, 0.15) is 5.82 Å². The van der Waals surface area contributed by atoms with Gasteiger partial charge in [-0.3, -0.25) is 9.59 Å². The van der Waals surface area contributed by atoms with E-state index in [1.54, 1.807) is 4.90 Å². The molecule has 1 N–H and O–H groups in total. The Bertz CT molecular complexity index is 819. The van der Waals surface area contributed by atoms with Crippen LogP contribution in [0.2, 0.25) is 0 Å². The van der Waals surface area contributed by atoms with Gasteiger partial charge in [-0.1, -0.05) is 24.3 Å². The highest BCUT2D eigenvalue weighted by Gasteiger charge is 2.29. The fourth-order valence-corrected chi connectivity index (χ4v) is 3.37. The van der Waals surface area contributed by atoms with Crippen molar-refractivity contribution in [3.8, 4) is 0 Å². The molecule has 1 heterocycles. The first-order chi connectivity index (χ1) is 12.0. The normalized spacial score (nSPS) is 16.8. The lowest BCUT2D eigenvalue weighted by molar-refractivity contribution is -0.114. The molecule has 1 aliphatic rings. The molecule has 2 amide bonds. The number of amides is 2. The zero-order valence-electron chi connectivity index (χ0n) is 14.4. The molecule has 3 rings (SSSR count). The summed E-state index contributed by atoms with van der Waals surface area (Å²) in [5, 5.41) is 2.42. The Balaban J connectivity index is 1.76. The van der Waals surface area contributed by atoms with Gasteiger partial charge in [-0.05, 0) is 42.7 Å². The molecule has 1 atom stereocenters. The number of carbonyl (C=O) groups is 2. The van der Waals surface area contributed by atoms with Crippen LogP contribution >= 0.6 is 0 Å². The fraction of sp³-hybridized carbons (Fsp3) is 0.300. The van der Waals surface area contributed by atoms with Crippen molar-refractivity contribution < 1.29 is 14.0 Å². The molecule has 1 saturated heterocycles. The maximum absolute atomic E-state index is 13.8. The van der Waals surface area contributed by atoms with Crippen LogP contribution in [-0.4, -0.2) is 29.8 Å². The summed E-state index contributed by atoms with van der Waals surface area (Å²) in [7, 11) is 0. The minimum absolute atomic E-state index is 0.0352. The molecular formula is C20H21FN2O2. The third-order valence-electron chi connectivity index (χ3n) is 4.63.